The first kappa shape index (κ1) is 17.7. The topological polar surface area (TPSA) is 96.8 Å². The van der Waals surface area contributed by atoms with Gasteiger partial charge in [-0.3, -0.25) is 4.79 Å². The summed E-state index contributed by atoms with van der Waals surface area (Å²) in [6.07, 6.45) is 3.30. The average molecular weight is 372 g/mol. The second kappa shape index (κ2) is 7.40. The first-order chi connectivity index (χ1) is 12.4. The van der Waals surface area contributed by atoms with Gasteiger partial charge in [-0.1, -0.05) is 11.6 Å². The van der Waals surface area contributed by atoms with Gasteiger partial charge in [-0.05, 0) is 25.1 Å². The van der Waals surface area contributed by atoms with E-state index in [2.05, 4.69) is 30.9 Å². The Kier molecular flexibility index (Phi) is 5.04. The molecular weight excluding hydrogens is 354 g/mol. The second-order valence-corrected chi connectivity index (χ2v) is 6.07. The van der Waals surface area contributed by atoms with Crippen molar-refractivity contribution in [2.24, 2.45) is 7.05 Å². The molecule has 0 aliphatic rings. The molecule has 3 rings (SSSR count). The molecule has 0 radical (unpaired) electrons. The molecule has 26 heavy (non-hydrogen) atoms. The fraction of sp³-hybridized carbons (Fsp3) is 0.176. The summed E-state index contributed by atoms with van der Waals surface area (Å²) in [5, 5.41) is 9.12. The van der Waals surface area contributed by atoms with E-state index in [4.69, 9.17) is 11.6 Å². The first-order valence-electron chi connectivity index (χ1n) is 7.84. The Morgan fingerprint density at radius 2 is 2.00 bits per heavy atom. The van der Waals surface area contributed by atoms with Crippen LogP contribution in [0.15, 0.2) is 36.8 Å². The number of amides is 1. The van der Waals surface area contributed by atoms with E-state index in [0.717, 1.165) is 5.69 Å². The van der Waals surface area contributed by atoms with Gasteiger partial charge in [0.05, 0.1) is 16.9 Å². The standard InChI is InChI=1S/C17H18ClN7O/c1-10-6-14(19-2)24-17(21-10)22-11-4-5-13(18)12(7-11)16(26)23-15-8-25(3)9-20-15/h4-9H,1-3H3,(H,23,26)(H2,19,21,22,24). The largest absolute Gasteiger partial charge is 0.373 e. The van der Waals surface area contributed by atoms with Crippen molar-refractivity contribution in [1.82, 2.24) is 19.5 Å². The van der Waals surface area contributed by atoms with Crippen molar-refractivity contribution in [3.63, 3.8) is 0 Å². The number of carbonyl (C=O) groups is 1. The van der Waals surface area contributed by atoms with Crippen LogP contribution in [0.5, 0.6) is 0 Å². The van der Waals surface area contributed by atoms with E-state index in [-0.39, 0.29) is 5.91 Å². The number of nitrogens with one attached hydrogen (secondary N) is 3. The van der Waals surface area contributed by atoms with Crippen LogP contribution in [0, 0.1) is 6.92 Å². The first-order valence-corrected chi connectivity index (χ1v) is 8.21. The molecule has 3 aromatic rings. The highest BCUT2D eigenvalue weighted by Gasteiger charge is 2.13. The minimum Gasteiger partial charge on any atom is -0.373 e. The van der Waals surface area contributed by atoms with Gasteiger partial charge >= 0.3 is 0 Å². The van der Waals surface area contributed by atoms with Gasteiger partial charge in [-0.2, -0.15) is 4.98 Å². The minimum atomic E-state index is -0.349. The zero-order valence-corrected chi connectivity index (χ0v) is 15.3. The molecule has 1 aromatic carbocycles. The van der Waals surface area contributed by atoms with Gasteiger partial charge in [0.2, 0.25) is 5.95 Å². The number of aryl methyl sites for hydroxylation is 2. The quantitative estimate of drug-likeness (QED) is 0.637. The molecule has 0 spiro atoms. The lowest BCUT2D eigenvalue weighted by Crippen LogP contribution is -2.13. The molecule has 0 saturated carbocycles. The molecule has 0 saturated heterocycles. The molecule has 9 heteroatoms. The number of hydrogen-bond donors (Lipinski definition) is 3. The fourth-order valence-corrected chi connectivity index (χ4v) is 2.52. The number of halogens is 1. The smallest absolute Gasteiger partial charge is 0.258 e. The van der Waals surface area contributed by atoms with Crippen molar-refractivity contribution < 1.29 is 4.79 Å². The van der Waals surface area contributed by atoms with Crippen LogP contribution < -0.4 is 16.0 Å². The van der Waals surface area contributed by atoms with Gasteiger partial charge in [-0.25, -0.2) is 9.97 Å². The van der Waals surface area contributed by atoms with E-state index in [0.29, 0.717) is 33.9 Å². The molecule has 0 fully saturated rings. The van der Waals surface area contributed by atoms with Gasteiger partial charge in [0.15, 0.2) is 5.82 Å². The summed E-state index contributed by atoms with van der Waals surface area (Å²) >= 11 is 6.18. The molecule has 0 unspecified atom stereocenters. The Balaban J connectivity index is 1.83. The number of hydrogen-bond acceptors (Lipinski definition) is 6. The maximum Gasteiger partial charge on any atom is 0.258 e. The van der Waals surface area contributed by atoms with E-state index in [1.54, 1.807) is 42.3 Å². The molecule has 0 bridgehead atoms. The fourth-order valence-electron chi connectivity index (χ4n) is 2.32. The summed E-state index contributed by atoms with van der Waals surface area (Å²) in [5.41, 5.74) is 1.78. The predicted molar refractivity (Wildman–Crippen MR) is 102 cm³/mol. The molecule has 0 atom stereocenters. The molecule has 134 valence electrons. The summed E-state index contributed by atoms with van der Waals surface area (Å²) in [5.74, 6) is 1.22. The third kappa shape index (κ3) is 4.09. The monoisotopic (exact) mass is 371 g/mol. The summed E-state index contributed by atoms with van der Waals surface area (Å²) < 4.78 is 1.74. The highest BCUT2D eigenvalue weighted by molar-refractivity contribution is 6.34. The molecule has 3 N–H and O–H groups in total. The summed E-state index contributed by atoms with van der Waals surface area (Å²) in [4.78, 5) is 25.2. The molecule has 8 nitrogen and oxygen atoms in total. The van der Waals surface area contributed by atoms with E-state index < -0.39 is 0 Å². The van der Waals surface area contributed by atoms with Crippen LogP contribution in [0.25, 0.3) is 0 Å². The molecule has 1 amide bonds. The lowest BCUT2D eigenvalue weighted by atomic mass is 10.2. The second-order valence-electron chi connectivity index (χ2n) is 5.67. The number of imidazole rings is 1. The zero-order valence-electron chi connectivity index (χ0n) is 14.5. The third-order valence-electron chi connectivity index (χ3n) is 3.52. The Bertz CT molecular complexity index is 954. The highest BCUT2D eigenvalue weighted by Crippen LogP contribution is 2.24. The van der Waals surface area contributed by atoms with Gasteiger partial charge in [0, 0.05) is 37.7 Å². The van der Waals surface area contributed by atoms with Gasteiger partial charge < -0.3 is 20.5 Å². The van der Waals surface area contributed by atoms with Gasteiger partial charge in [-0.15, -0.1) is 0 Å². The highest BCUT2D eigenvalue weighted by atomic mass is 35.5. The summed E-state index contributed by atoms with van der Waals surface area (Å²) in [6, 6.07) is 6.88. The number of anilines is 4. The van der Waals surface area contributed by atoms with E-state index >= 15 is 0 Å². The van der Waals surface area contributed by atoms with Gasteiger partial charge in [0.25, 0.3) is 5.91 Å². The molecular formula is C17H18ClN7O. The minimum absolute atomic E-state index is 0.323. The van der Waals surface area contributed by atoms with Crippen LogP contribution in [-0.4, -0.2) is 32.5 Å². The summed E-state index contributed by atoms with van der Waals surface area (Å²) in [6.45, 7) is 1.88. The average Bonchev–Trinajstić information content (AvgIpc) is 3.00. The van der Waals surface area contributed by atoms with E-state index in [9.17, 15) is 4.79 Å². The Morgan fingerprint density at radius 3 is 2.69 bits per heavy atom. The van der Waals surface area contributed by atoms with Gasteiger partial charge in [0.1, 0.15) is 5.82 Å². The number of aromatic nitrogens is 4. The number of rotatable bonds is 5. The van der Waals surface area contributed by atoms with E-state index in [1.165, 1.54) is 0 Å². The van der Waals surface area contributed by atoms with Crippen molar-refractivity contribution in [2.45, 2.75) is 6.92 Å². The van der Waals surface area contributed by atoms with Crippen LogP contribution in [0.2, 0.25) is 5.02 Å². The lowest BCUT2D eigenvalue weighted by molar-refractivity contribution is 0.102. The normalized spacial score (nSPS) is 10.5. The van der Waals surface area contributed by atoms with Crippen LogP contribution in [0.3, 0.4) is 0 Å². The Hall–Kier alpha value is -3.13. The zero-order chi connectivity index (χ0) is 18.7. The van der Waals surface area contributed by atoms with Crippen molar-refractivity contribution in [3.8, 4) is 0 Å². The van der Waals surface area contributed by atoms with Crippen molar-refractivity contribution >= 4 is 40.8 Å². The van der Waals surface area contributed by atoms with Crippen LogP contribution in [0.1, 0.15) is 16.1 Å². The predicted octanol–water partition coefficient (Wildman–Crippen LogP) is 3.21. The third-order valence-corrected chi connectivity index (χ3v) is 3.85. The molecule has 0 aliphatic carbocycles. The lowest BCUT2D eigenvalue weighted by Gasteiger charge is -2.10. The van der Waals surface area contributed by atoms with Crippen LogP contribution in [-0.2, 0) is 7.05 Å². The summed E-state index contributed by atoms with van der Waals surface area (Å²) in [7, 11) is 3.61. The molecule has 0 aliphatic heterocycles. The number of benzene rings is 1. The SMILES string of the molecule is CNc1cc(C)nc(Nc2ccc(Cl)c(C(=O)Nc3cn(C)cn3)c2)n1. The van der Waals surface area contributed by atoms with Crippen molar-refractivity contribution in [3.05, 3.63) is 53.1 Å². The maximum atomic E-state index is 12.5. The maximum absolute atomic E-state index is 12.5. The van der Waals surface area contributed by atoms with Crippen LogP contribution in [0.4, 0.5) is 23.3 Å². The number of carbonyl (C=O) groups excluding carboxylic acids is 1. The molecule has 2 heterocycles. The number of nitrogens with zero attached hydrogens (tertiary/aromatic N) is 4. The molecule has 2 aromatic heterocycles. The Morgan fingerprint density at radius 1 is 1.19 bits per heavy atom. The van der Waals surface area contributed by atoms with Crippen molar-refractivity contribution in [2.75, 3.05) is 23.0 Å². The van der Waals surface area contributed by atoms with Crippen LogP contribution >= 0.6 is 11.6 Å². The van der Waals surface area contributed by atoms with Crippen molar-refractivity contribution in [1.29, 1.82) is 0 Å². The van der Waals surface area contributed by atoms with E-state index in [1.807, 2.05) is 20.0 Å². The Labute approximate surface area is 155 Å².